The van der Waals surface area contributed by atoms with E-state index in [0.29, 0.717) is 6.42 Å². The Hall–Kier alpha value is -0.790. The Labute approximate surface area is 131 Å². The van der Waals surface area contributed by atoms with Crippen molar-refractivity contribution in [3.63, 3.8) is 0 Å². The van der Waals surface area contributed by atoms with Crippen LogP contribution >= 0.6 is 0 Å². The summed E-state index contributed by atoms with van der Waals surface area (Å²) in [5, 5.41) is 8.92. The third kappa shape index (κ3) is 15.2. The molecule has 0 radical (unpaired) electrons. The van der Waals surface area contributed by atoms with E-state index in [9.17, 15) is 4.79 Å². The van der Waals surface area contributed by atoms with Crippen molar-refractivity contribution in [2.75, 3.05) is 0 Å². The number of hydrogen-bond donors (Lipinski definition) is 1. The Kier molecular flexibility index (Phi) is 4.20. The zero-order valence-electron chi connectivity index (χ0n) is 23.6. The highest BCUT2D eigenvalue weighted by Gasteiger charge is 1.95. The molecule has 2 nitrogen and oxygen atoms in total. The number of carbonyl (C=O) groups is 1. The van der Waals surface area contributed by atoms with Gasteiger partial charge in [0.15, 0.2) is 0 Å². The molecule has 0 aromatic carbocycles. The Morgan fingerprint density at radius 3 is 2.50 bits per heavy atom. The summed E-state index contributed by atoms with van der Waals surface area (Å²) in [6.07, 6.45) is -18.9. The predicted octanol–water partition coefficient (Wildman–Crippen LogP) is 5.33. The maximum atomic E-state index is 11.1. The molecule has 0 amide bonds. The molecule has 0 bridgehead atoms. The highest BCUT2D eigenvalue weighted by Crippen LogP contribution is 2.08. The normalized spacial score (nSPS) is 28.4. The van der Waals surface area contributed by atoms with Gasteiger partial charge in [-0.1, -0.05) is 57.5 Å². The van der Waals surface area contributed by atoms with Gasteiger partial charge in [0.25, 0.3) is 0 Å². The van der Waals surface area contributed by atoms with Gasteiger partial charge in [-0.15, -0.1) is 0 Å². The molecule has 0 aromatic rings. The van der Waals surface area contributed by atoms with E-state index in [1.165, 1.54) is 6.08 Å². The highest BCUT2D eigenvalue weighted by molar-refractivity contribution is 5.66. The fraction of sp³-hybridized carbons (Fsp3) is 0.812. The molecule has 0 rings (SSSR count). The average molecular weight is 267 g/mol. The zero-order valence-corrected chi connectivity index (χ0v) is 10.6. The van der Waals surface area contributed by atoms with Crippen LogP contribution in [0.4, 0.5) is 0 Å². The van der Waals surface area contributed by atoms with Gasteiger partial charge in [0.2, 0.25) is 0 Å². The summed E-state index contributed by atoms with van der Waals surface area (Å²) in [7, 11) is 0. The molecule has 106 valence electrons. The number of carboxylic acid groups (broad SMARTS) is 1. The molecule has 0 aliphatic heterocycles. The second kappa shape index (κ2) is 14.3. The number of rotatable bonds is 13. The number of aliphatic carboxylic acids is 1. The van der Waals surface area contributed by atoms with Crippen molar-refractivity contribution in [1.82, 2.24) is 0 Å². The fourth-order valence-corrected chi connectivity index (χ4v) is 1.13. The van der Waals surface area contributed by atoms with Crippen molar-refractivity contribution in [1.29, 1.82) is 0 Å². The third-order valence-electron chi connectivity index (χ3n) is 1.97. The quantitative estimate of drug-likeness (QED) is 0.362. The number of unbranched alkanes of at least 4 members (excludes halogenated alkanes) is 4. The minimum absolute atomic E-state index is 0.476. The van der Waals surface area contributed by atoms with Crippen LogP contribution in [-0.4, -0.2) is 11.1 Å². The summed E-state index contributed by atoms with van der Waals surface area (Å²) in [4.78, 5) is 11.1. The first kappa shape index (κ1) is 5.30. The lowest BCUT2D eigenvalue weighted by molar-refractivity contribution is -0.137. The molecule has 0 fully saturated rings. The van der Waals surface area contributed by atoms with E-state index in [1.54, 1.807) is 0 Å². The van der Waals surface area contributed by atoms with E-state index in [1.807, 2.05) is 6.92 Å². The smallest absolute Gasteiger partial charge is 0.303 e. The van der Waals surface area contributed by atoms with Crippen LogP contribution in [0.1, 0.15) is 101 Å². The van der Waals surface area contributed by atoms with Gasteiger partial charge in [-0.05, 0) is 32.0 Å². The van der Waals surface area contributed by atoms with E-state index < -0.39 is 50.6 Å². The van der Waals surface area contributed by atoms with Gasteiger partial charge in [0.05, 0.1) is 0 Å². The summed E-state index contributed by atoms with van der Waals surface area (Å²) in [6.45, 7) is 2.02. The monoisotopic (exact) mass is 267 g/mol. The van der Waals surface area contributed by atoms with E-state index in [2.05, 4.69) is 0 Å². The molecule has 0 saturated heterocycles. The number of allylic oxidation sites excluding steroid dienone is 2. The van der Waals surface area contributed by atoms with Crippen molar-refractivity contribution in [2.24, 2.45) is 0 Å². The van der Waals surface area contributed by atoms with E-state index >= 15 is 0 Å². The number of carboxylic acids is 1. The van der Waals surface area contributed by atoms with Crippen LogP contribution in [0, 0.1) is 0 Å². The molecule has 0 aliphatic rings. The van der Waals surface area contributed by atoms with Gasteiger partial charge in [-0.25, -0.2) is 0 Å². The fourth-order valence-electron chi connectivity index (χ4n) is 1.13. The largest absolute Gasteiger partial charge is 0.481 e. The number of hydrogen-bond acceptors (Lipinski definition) is 1. The van der Waals surface area contributed by atoms with Crippen LogP contribution in [0.25, 0.3) is 0 Å². The van der Waals surface area contributed by atoms with Crippen molar-refractivity contribution in [3.8, 4) is 0 Å². The molecule has 0 saturated carbocycles. The van der Waals surface area contributed by atoms with Crippen LogP contribution in [0.15, 0.2) is 12.2 Å². The molecular formula is C16H30O2. The summed E-state index contributed by atoms with van der Waals surface area (Å²) >= 11 is 0. The van der Waals surface area contributed by atoms with E-state index in [4.69, 9.17) is 22.9 Å². The van der Waals surface area contributed by atoms with E-state index in [0.717, 1.165) is 31.8 Å². The summed E-state index contributed by atoms with van der Waals surface area (Å²) in [5.74, 6) is -2.43. The third-order valence-corrected chi connectivity index (χ3v) is 1.97. The maximum absolute atomic E-state index is 11.1. The van der Waals surface area contributed by atoms with Crippen LogP contribution in [-0.2, 0) is 4.79 Å². The Balaban J connectivity index is 5.98. The van der Waals surface area contributed by atoms with Crippen LogP contribution < -0.4 is 0 Å². The second-order valence-electron chi connectivity index (χ2n) is 3.52. The van der Waals surface area contributed by atoms with Crippen LogP contribution in [0.2, 0.25) is 0 Å². The minimum Gasteiger partial charge on any atom is -0.481 e. The molecule has 1 N–H and O–H groups in total. The van der Waals surface area contributed by atoms with Gasteiger partial charge >= 0.3 is 5.97 Å². The molecule has 0 heterocycles. The van der Waals surface area contributed by atoms with E-state index in [-0.39, 0.29) is 0 Å². The van der Waals surface area contributed by atoms with Gasteiger partial charge in [0.1, 0.15) is 0 Å². The average Bonchev–Trinajstić information content (AvgIpc) is 2.63. The predicted molar refractivity (Wildman–Crippen MR) is 77.9 cm³/mol. The van der Waals surface area contributed by atoms with Gasteiger partial charge < -0.3 is 5.11 Å². The maximum Gasteiger partial charge on any atom is 0.303 e. The van der Waals surface area contributed by atoms with Gasteiger partial charge in [-0.2, -0.15) is 0 Å². The van der Waals surface area contributed by atoms with Crippen LogP contribution in [0.5, 0.6) is 0 Å². The molecule has 1 unspecified atom stereocenters. The summed E-state index contributed by atoms with van der Waals surface area (Å²) < 4.78 is 101. The van der Waals surface area contributed by atoms with Crippen molar-refractivity contribution >= 4 is 5.97 Å². The minimum atomic E-state index is -4.14. The first-order valence-corrected chi connectivity index (χ1v) is 6.00. The second-order valence-corrected chi connectivity index (χ2v) is 3.52. The Bertz CT molecular complexity index is 643. The molecule has 1 atom stereocenters. The van der Waals surface area contributed by atoms with Gasteiger partial charge in [0, 0.05) is 24.2 Å². The van der Waals surface area contributed by atoms with Crippen LogP contribution in [0.3, 0.4) is 0 Å². The molecule has 18 heavy (non-hydrogen) atoms. The standard InChI is InChI=1S/C16H30O2/c1-2-3-4-5-6-7-8-9-10-11-12-13-14-15-16(17)18/h7-8H,2-6,9-15H2,1H3,(H,17,18)/b8-7-/i9D,10D2,11D2,12D2,13D2,14D2,15D2. The lowest BCUT2D eigenvalue weighted by atomic mass is 10.1. The van der Waals surface area contributed by atoms with Gasteiger partial charge in [-0.3, -0.25) is 4.79 Å². The summed E-state index contributed by atoms with van der Waals surface area (Å²) in [5.41, 5.74) is 0. The molecule has 0 aromatic heterocycles. The lowest BCUT2D eigenvalue weighted by Crippen LogP contribution is -1.93. The first-order chi connectivity index (χ1) is 13.7. The molecule has 0 aliphatic carbocycles. The van der Waals surface area contributed by atoms with Crippen molar-refractivity contribution in [2.45, 2.75) is 83.7 Å². The zero-order chi connectivity index (χ0) is 25.1. The SMILES string of the molecule is [2H]C(/C=C\CCCCCC)C([2H])([2H])C([2H])([2H])C([2H])([2H])C([2H])([2H])C([2H])([2H])C([2H])([2H])C(=O)O. The lowest BCUT2D eigenvalue weighted by Gasteiger charge is -1.98. The molecule has 0 spiro atoms. The van der Waals surface area contributed by atoms with Crippen molar-refractivity contribution in [3.05, 3.63) is 12.2 Å². The summed E-state index contributed by atoms with van der Waals surface area (Å²) in [6, 6.07) is 0. The first-order valence-electron chi connectivity index (χ1n) is 12.6. The van der Waals surface area contributed by atoms with Crippen molar-refractivity contribution < 1.29 is 27.7 Å². The highest BCUT2D eigenvalue weighted by atomic mass is 16.4. The molecule has 2 heteroatoms. The topological polar surface area (TPSA) is 37.3 Å². The molecular weight excluding hydrogens is 224 g/mol. The Morgan fingerprint density at radius 2 is 1.78 bits per heavy atom. The Morgan fingerprint density at radius 1 is 1.06 bits per heavy atom.